The van der Waals surface area contributed by atoms with E-state index in [0.717, 1.165) is 11.4 Å². The number of rotatable bonds is 6. The van der Waals surface area contributed by atoms with E-state index in [4.69, 9.17) is 0 Å². The summed E-state index contributed by atoms with van der Waals surface area (Å²) in [7, 11) is 0. The lowest BCUT2D eigenvalue weighted by molar-refractivity contribution is 0.492. The zero-order valence-corrected chi connectivity index (χ0v) is 36.5. The van der Waals surface area contributed by atoms with Crippen LogP contribution in [-0.4, -0.2) is 4.57 Å². The highest BCUT2D eigenvalue weighted by Gasteiger charge is 2.52. The van der Waals surface area contributed by atoms with Gasteiger partial charge < -0.3 is 9.88 Å². The van der Waals surface area contributed by atoms with Crippen molar-refractivity contribution in [1.82, 2.24) is 4.57 Å². The van der Waals surface area contributed by atoms with Crippen LogP contribution in [0.25, 0.3) is 82.8 Å². The standard InChI is InChI=1S/C64H44N2/c1-40-50-18-8-7-14-44(50)30-36-55(40)64(47-31-27-41-13-5-6-15-46(41)39-47)56-37-34-51(45-25-23-42(24-26-45)43-28-32-49(33-29-43)65-48-16-3-2-4-17-48)60-54-20-10-12-22-59(54)66-58-21-11-9-19-52(58)53-35-38-57(64)62(61(56)60)63(53)66/h2-40,50,65H,1H3. The molecule has 66 heavy (non-hydrogen) atoms. The van der Waals surface area contributed by atoms with Gasteiger partial charge in [-0.25, -0.2) is 0 Å². The van der Waals surface area contributed by atoms with Crippen LogP contribution >= 0.6 is 0 Å². The predicted molar refractivity (Wildman–Crippen MR) is 277 cm³/mol. The zero-order chi connectivity index (χ0) is 43.5. The average molecular weight is 841 g/mol. The van der Waals surface area contributed by atoms with Gasteiger partial charge >= 0.3 is 0 Å². The first kappa shape index (κ1) is 37.2. The smallest absolute Gasteiger partial charge is 0.0680 e. The third-order valence-electron chi connectivity index (χ3n) is 15.2. The maximum absolute atomic E-state index is 3.53. The summed E-state index contributed by atoms with van der Waals surface area (Å²) in [5.74, 6) is 0.532. The maximum atomic E-state index is 3.53. The second-order valence-corrected chi connectivity index (χ2v) is 18.5. The Bertz CT molecular complexity index is 3780. The van der Waals surface area contributed by atoms with E-state index in [0.29, 0.717) is 0 Å². The molecule has 4 aliphatic rings. The summed E-state index contributed by atoms with van der Waals surface area (Å²) in [6.07, 6.45) is 14.0. The lowest BCUT2D eigenvalue weighted by atomic mass is 9.59. The molecule has 0 saturated carbocycles. The van der Waals surface area contributed by atoms with Gasteiger partial charge in [-0.15, -0.1) is 0 Å². The number of hydrogen-bond donors (Lipinski definition) is 1. The van der Waals surface area contributed by atoms with E-state index in [-0.39, 0.29) is 11.8 Å². The molecule has 0 fully saturated rings. The summed E-state index contributed by atoms with van der Waals surface area (Å²) in [6.45, 7) is 2.47. The molecule has 0 radical (unpaired) electrons. The number of hydrogen-bond acceptors (Lipinski definition) is 1. The Morgan fingerprint density at radius 2 is 1.20 bits per heavy atom. The van der Waals surface area contributed by atoms with Gasteiger partial charge in [0.1, 0.15) is 0 Å². The number of nitrogens with zero attached hydrogens (tertiary/aromatic N) is 1. The largest absolute Gasteiger partial charge is 0.356 e. The van der Waals surface area contributed by atoms with Gasteiger partial charge in [-0.05, 0) is 120 Å². The number of aromatic nitrogens is 1. The summed E-state index contributed by atoms with van der Waals surface area (Å²) >= 11 is 0. The summed E-state index contributed by atoms with van der Waals surface area (Å²) in [6, 6.07) is 72.5. The van der Waals surface area contributed by atoms with Crippen LogP contribution in [0.3, 0.4) is 0 Å². The van der Waals surface area contributed by atoms with Crippen molar-refractivity contribution >= 4 is 44.0 Å². The highest BCUT2D eigenvalue weighted by molar-refractivity contribution is 6.20. The normalized spacial score (nSPS) is 18.5. The summed E-state index contributed by atoms with van der Waals surface area (Å²) < 4.78 is 2.59. The molecule has 1 aliphatic heterocycles. The van der Waals surface area contributed by atoms with Gasteiger partial charge in [-0.2, -0.15) is 0 Å². The van der Waals surface area contributed by atoms with Crippen molar-refractivity contribution in [3.8, 4) is 50.2 Å². The van der Waals surface area contributed by atoms with E-state index in [2.05, 4.69) is 241 Å². The molecule has 0 saturated heterocycles. The molecule has 3 unspecified atom stereocenters. The van der Waals surface area contributed by atoms with Crippen molar-refractivity contribution in [3.63, 3.8) is 0 Å². The Kier molecular flexibility index (Phi) is 7.98. The van der Waals surface area contributed by atoms with Gasteiger partial charge in [0.15, 0.2) is 0 Å². The molecule has 2 heterocycles. The lowest BCUT2D eigenvalue weighted by Gasteiger charge is -2.43. The molecule has 3 atom stereocenters. The van der Waals surface area contributed by atoms with E-state index in [1.165, 1.54) is 111 Å². The molecule has 0 amide bonds. The van der Waals surface area contributed by atoms with Crippen molar-refractivity contribution < 1.29 is 0 Å². The molecule has 2 heteroatoms. The SMILES string of the molecule is CC1C(C2(c3ccc4ccccc4c3)c3ccc(-c4ccc(-c5ccc(Nc6ccccc6)cc5)cc4)c4c3-c3c2ccc2c5ccccc5n(c32)-c2ccccc2-4)=CC=C2C=CC=CC21. The first-order valence-corrected chi connectivity index (χ1v) is 23.3. The molecule has 9 aromatic carbocycles. The Morgan fingerprint density at radius 3 is 2.06 bits per heavy atom. The predicted octanol–water partition coefficient (Wildman–Crippen LogP) is 16.6. The van der Waals surface area contributed by atoms with E-state index in [9.17, 15) is 0 Å². The summed E-state index contributed by atoms with van der Waals surface area (Å²) in [5, 5.41) is 8.63. The van der Waals surface area contributed by atoms with Crippen LogP contribution in [0.1, 0.15) is 23.6 Å². The topological polar surface area (TPSA) is 17.0 Å². The van der Waals surface area contributed by atoms with Gasteiger partial charge in [0.25, 0.3) is 0 Å². The molecule has 14 rings (SSSR count). The average Bonchev–Trinajstić information content (AvgIpc) is 3.83. The Balaban J connectivity index is 1.05. The van der Waals surface area contributed by atoms with Crippen molar-refractivity contribution in [3.05, 3.63) is 258 Å². The van der Waals surface area contributed by atoms with Crippen molar-refractivity contribution in [1.29, 1.82) is 0 Å². The van der Waals surface area contributed by atoms with Crippen LogP contribution in [0.15, 0.2) is 242 Å². The van der Waals surface area contributed by atoms with Crippen LogP contribution in [-0.2, 0) is 5.41 Å². The Hall–Kier alpha value is -8.20. The number of anilines is 2. The number of nitrogens with one attached hydrogen (secondary N) is 1. The maximum Gasteiger partial charge on any atom is 0.0680 e. The van der Waals surface area contributed by atoms with Crippen molar-refractivity contribution in [2.45, 2.75) is 12.3 Å². The second-order valence-electron chi connectivity index (χ2n) is 18.5. The zero-order valence-electron chi connectivity index (χ0n) is 36.5. The molecule has 1 aromatic heterocycles. The van der Waals surface area contributed by atoms with Gasteiger partial charge in [0, 0.05) is 39.2 Å². The molecule has 0 bridgehead atoms. The third kappa shape index (κ3) is 5.18. The van der Waals surface area contributed by atoms with Crippen LogP contribution in [0.2, 0.25) is 0 Å². The van der Waals surface area contributed by atoms with Crippen LogP contribution < -0.4 is 5.32 Å². The van der Waals surface area contributed by atoms with Crippen LogP contribution in [0.4, 0.5) is 11.4 Å². The Morgan fingerprint density at radius 1 is 0.500 bits per heavy atom. The molecule has 3 aliphatic carbocycles. The van der Waals surface area contributed by atoms with Gasteiger partial charge in [0.2, 0.25) is 0 Å². The first-order valence-electron chi connectivity index (χ1n) is 23.3. The highest BCUT2D eigenvalue weighted by atomic mass is 15.0. The van der Waals surface area contributed by atoms with Crippen molar-refractivity contribution in [2.24, 2.45) is 11.8 Å². The molecule has 10 aromatic rings. The fourth-order valence-corrected chi connectivity index (χ4v) is 12.3. The van der Waals surface area contributed by atoms with Crippen LogP contribution in [0, 0.1) is 11.8 Å². The second kappa shape index (κ2) is 14.1. The number of para-hydroxylation sites is 3. The number of fused-ring (bicyclic) bond motifs is 8. The van der Waals surface area contributed by atoms with Gasteiger partial charge in [-0.3, -0.25) is 0 Å². The van der Waals surface area contributed by atoms with Crippen molar-refractivity contribution in [2.75, 3.05) is 5.32 Å². The monoisotopic (exact) mass is 840 g/mol. The molecule has 1 N–H and O–H groups in total. The lowest BCUT2D eigenvalue weighted by Crippen LogP contribution is -2.36. The number of benzene rings is 9. The van der Waals surface area contributed by atoms with E-state index >= 15 is 0 Å². The summed E-state index contributed by atoms with van der Waals surface area (Å²) in [5.41, 5.74) is 22.3. The minimum absolute atomic E-state index is 0.243. The van der Waals surface area contributed by atoms with E-state index in [1.54, 1.807) is 0 Å². The minimum Gasteiger partial charge on any atom is -0.356 e. The Labute approximate surface area is 384 Å². The fourth-order valence-electron chi connectivity index (χ4n) is 12.3. The molecular formula is C64H44N2. The van der Waals surface area contributed by atoms with Gasteiger partial charge in [-0.1, -0.05) is 195 Å². The number of allylic oxidation sites excluding steroid dienone is 8. The van der Waals surface area contributed by atoms with E-state index < -0.39 is 5.41 Å². The molecule has 2 nitrogen and oxygen atoms in total. The minimum atomic E-state index is -0.564. The van der Waals surface area contributed by atoms with E-state index in [1.807, 2.05) is 6.07 Å². The third-order valence-corrected chi connectivity index (χ3v) is 15.2. The molecule has 310 valence electrons. The molecular weight excluding hydrogens is 797 g/mol. The summed E-state index contributed by atoms with van der Waals surface area (Å²) in [4.78, 5) is 0. The molecule has 0 spiro atoms. The van der Waals surface area contributed by atoms with Gasteiger partial charge in [0.05, 0.1) is 22.1 Å². The highest BCUT2D eigenvalue weighted by Crippen LogP contribution is 2.65. The first-order chi connectivity index (χ1) is 32.6. The fraction of sp³-hybridized carbons (Fsp3) is 0.0625. The quantitative estimate of drug-likeness (QED) is 0.176. The van der Waals surface area contributed by atoms with Crippen LogP contribution in [0.5, 0.6) is 0 Å².